The van der Waals surface area contributed by atoms with Crippen LogP contribution < -0.4 is 10.1 Å². The zero-order chi connectivity index (χ0) is 17.7. The zero-order valence-electron chi connectivity index (χ0n) is 14.7. The molecule has 1 N–H and O–H groups in total. The van der Waals surface area contributed by atoms with Gasteiger partial charge in [0.2, 0.25) is 0 Å². The summed E-state index contributed by atoms with van der Waals surface area (Å²) in [4.78, 5) is 25.9. The number of aliphatic imine (C=N–C) groups is 3. The van der Waals surface area contributed by atoms with Crippen molar-refractivity contribution in [3.63, 3.8) is 0 Å². The lowest BCUT2D eigenvalue weighted by Gasteiger charge is -2.35. The molecular formula is C20H20N4O2. The molecule has 1 aromatic carbocycles. The average Bonchev–Trinajstić information content (AvgIpc) is 3.23. The van der Waals surface area contributed by atoms with Gasteiger partial charge < -0.3 is 10.1 Å². The molecule has 5 rings (SSSR count). The molecule has 0 bridgehead atoms. The molecule has 0 radical (unpaired) electrons. The van der Waals surface area contributed by atoms with Gasteiger partial charge in [0.1, 0.15) is 11.5 Å². The Morgan fingerprint density at radius 2 is 2.08 bits per heavy atom. The number of nitrogens with one attached hydrogen (secondary N) is 1. The van der Waals surface area contributed by atoms with Gasteiger partial charge in [-0.05, 0) is 57.1 Å². The molecule has 1 unspecified atom stereocenters. The van der Waals surface area contributed by atoms with Gasteiger partial charge in [-0.25, -0.2) is 4.99 Å². The maximum atomic E-state index is 11.5. The van der Waals surface area contributed by atoms with Crippen molar-refractivity contribution in [2.75, 3.05) is 13.1 Å². The zero-order valence-corrected chi connectivity index (χ0v) is 14.7. The summed E-state index contributed by atoms with van der Waals surface area (Å²) in [7, 11) is 0. The molecule has 0 aromatic heterocycles. The number of carbonyl (C=O) groups is 1. The van der Waals surface area contributed by atoms with E-state index in [2.05, 4.69) is 12.2 Å². The molecular weight excluding hydrogens is 328 g/mol. The number of rotatable bonds is 2. The number of hydrogen-bond acceptors (Lipinski definition) is 6. The van der Waals surface area contributed by atoms with Crippen molar-refractivity contribution in [1.29, 1.82) is 0 Å². The van der Waals surface area contributed by atoms with Gasteiger partial charge >= 0.3 is 5.97 Å². The Labute approximate surface area is 151 Å². The quantitative estimate of drug-likeness (QED) is 0.657. The Morgan fingerprint density at radius 3 is 2.92 bits per heavy atom. The van der Waals surface area contributed by atoms with Crippen LogP contribution in [0.5, 0.6) is 5.75 Å². The summed E-state index contributed by atoms with van der Waals surface area (Å²) >= 11 is 0. The van der Waals surface area contributed by atoms with Crippen LogP contribution in [-0.2, 0) is 11.2 Å². The van der Waals surface area contributed by atoms with Crippen molar-refractivity contribution >= 4 is 29.3 Å². The van der Waals surface area contributed by atoms with Crippen LogP contribution in [0.3, 0.4) is 0 Å². The minimum Gasteiger partial charge on any atom is -0.426 e. The minimum atomic E-state index is -0.402. The molecule has 4 heterocycles. The lowest BCUT2D eigenvalue weighted by Crippen LogP contribution is -2.42. The summed E-state index contributed by atoms with van der Waals surface area (Å²) in [6.07, 6.45) is 6.40. The molecule has 1 atom stereocenters. The van der Waals surface area contributed by atoms with Gasteiger partial charge in [-0.1, -0.05) is 0 Å². The second-order valence-electron chi connectivity index (χ2n) is 7.37. The molecule has 1 aromatic rings. The summed E-state index contributed by atoms with van der Waals surface area (Å²) in [5, 5.41) is 3.40. The Balaban J connectivity index is 1.46. The molecule has 0 spiro atoms. The molecule has 0 aliphatic carbocycles. The molecule has 132 valence electrons. The van der Waals surface area contributed by atoms with Crippen LogP contribution in [0.4, 0.5) is 0 Å². The maximum Gasteiger partial charge on any atom is 0.315 e. The lowest BCUT2D eigenvalue weighted by molar-refractivity contribution is -0.131. The summed E-state index contributed by atoms with van der Waals surface area (Å²) in [5.74, 6) is 0.904. The number of benzene rings is 1. The van der Waals surface area contributed by atoms with Crippen LogP contribution in [0.25, 0.3) is 5.70 Å². The number of piperidine rings is 1. The first kappa shape index (κ1) is 15.6. The van der Waals surface area contributed by atoms with Gasteiger partial charge in [0.25, 0.3) is 0 Å². The molecule has 6 nitrogen and oxygen atoms in total. The average molecular weight is 348 g/mol. The highest BCUT2D eigenvalue weighted by atomic mass is 16.5. The van der Waals surface area contributed by atoms with Gasteiger partial charge in [0.05, 0.1) is 24.0 Å². The van der Waals surface area contributed by atoms with Crippen LogP contribution in [0.2, 0.25) is 0 Å². The molecule has 26 heavy (non-hydrogen) atoms. The molecule has 1 saturated heterocycles. The number of ether oxygens (including phenoxy) is 1. The normalized spacial score (nSPS) is 27.4. The van der Waals surface area contributed by atoms with Crippen molar-refractivity contribution in [3.8, 4) is 5.75 Å². The first-order valence-electron chi connectivity index (χ1n) is 9.11. The fraction of sp³-hybridized carbons (Fsp3) is 0.400. The number of nitrogens with zero attached hydrogens (tertiary/aromatic N) is 3. The summed E-state index contributed by atoms with van der Waals surface area (Å²) in [6, 6.07) is 5.76. The highest BCUT2D eigenvalue weighted by Gasteiger charge is 2.37. The topological polar surface area (TPSA) is 75.4 Å². The van der Waals surface area contributed by atoms with Gasteiger partial charge in [0, 0.05) is 17.0 Å². The van der Waals surface area contributed by atoms with Crippen LogP contribution in [0.1, 0.15) is 30.9 Å². The molecule has 6 heteroatoms. The van der Waals surface area contributed by atoms with Gasteiger partial charge in [-0.15, -0.1) is 0 Å². The third-order valence-corrected chi connectivity index (χ3v) is 5.60. The van der Waals surface area contributed by atoms with Crippen LogP contribution in [0, 0.1) is 5.92 Å². The van der Waals surface area contributed by atoms with E-state index in [9.17, 15) is 4.79 Å². The van der Waals surface area contributed by atoms with Crippen molar-refractivity contribution in [1.82, 2.24) is 5.32 Å². The SMILES string of the molecule is CC1(C2CCNCC2)N=CC2=NC(c3ccc4c(c3)CC(=O)O4)=CC2=N1. The van der Waals surface area contributed by atoms with E-state index in [1.54, 1.807) is 0 Å². The van der Waals surface area contributed by atoms with E-state index in [-0.39, 0.29) is 5.97 Å². The third-order valence-electron chi connectivity index (χ3n) is 5.60. The molecule has 0 amide bonds. The number of fused-ring (bicyclic) bond motifs is 2. The Kier molecular flexibility index (Phi) is 3.43. The van der Waals surface area contributed by atoms with Crippen LogP contribution in [-0.4, -0.2) is 42.4 Å². The van der Waals surface area contributed by atoms with Crippen LogP contribution in [0.15, 0.2) is 39.3 Å². The summed E-state index contributed by atoms with van der Waals surface area (Å²) in [6.45, 7) is 4.17. The first-order valence-corrected chi connectivity index (χ1v) is 9.11. The van der Waals surface area contributed by atoms with E-state index >= 15 is 0 Å². The van der Waals surface area contributed by atoms with Crippen molar-refractivity contribution in [2.24, 2.45) is 20.9 Å². The van der Waals surface area contributed by atoms with E-state index in [0.717, 1.165) is 54.2 Å². The van der Waals surface area contributed by atoms with E-state index < -0.39 is 5.66 Å². The molecule has 4 aliphatic rings. The number of esters is 1. The Morgan fingerprint density at radius 1 is 1.23 bits per heavy atom. The van der Waals surface area contributed by atoms with E-state index in [4.69, 9.17) is 19.7 Å². The standard InChI is InChI=1S/C20H20N4O2/c1-20(14-4-6-21-7-5-14)22-11-17-16(24-20)10-15(23-17)12-2-3-18-13(8-12)9-19(25)26-18/h2-3,8,10-11,14,21H,4-7,9H2,1H3. The fourth-order valence-corrected chi connectivity index (χ4v) is 4.08. The number of allylic oxidation sites excluding steroid dienone is 1. The van der Waals surface area contributed by atoms with Gasteiger partial charge in [0.15, 0.2) is 5.66 Å². The van der Waals surface area contributed by atoms with Crippen molar-refractivity contribution in [3.05, 3.63) is 35.4 Å². The highest BCUT2D eigenvalue weighted by molar-refractivity contribution is 6.68. The summed E-state index contributed by atoms with van der Waals surface area (Å²) in [5.41, 5.74) is 4.08. The first-order chi connectivity index (χ1) is 12.6. The number of hydrogen-bond donors (Lipinski definition) is 1. The van der Waals surface area contributed by atoms with Gasteiger partial charge in [-0.2, -0.15) is 0 Å². The van der Waals surface area contributed by atoms with Gasteiger partial charge in [-0.3, -0.25) is 14.8 Å². The van der Waals surface area contributed by atoms with Crippen molar-refractivity contribution in [2.45, 2.75) is 31.8 Å². The Bertz CT molecular complexity index is 922. The molecule has 4 aliphatic heterocycles. The predicted octanol–water partition coefficient (Wildman–Crippen LogP) is 2.18. The lowest BCUT2D eigenvalue weighted by atomic mass is 9.85. The highest BCUT2D eigenvalue weighted by Crippen LogP contribution is 2.35. The third kappa shape index (κ3) is 2.52. The second kappa shape index (κ2) is 5.71. The Hall–Kier alpha value is -2.60. The van der Waals surface area contributed by atoms with E-state index in [0.29, 0.717) is 18.1 Å². The predicted molar refractivity (Wildman–Crippen MR) is 101 cm³/mol. The maximum absolute atomic E-state index is 11.5. The van der Waals surface area contributed by atoms with E-state index in [1.165, 1.54) is 0 Å². The van der Waals surface area contributed by atoms with Crippen LogP contribution >= 0.6 is 0 Å². The smallest absolute Gasteiger partial charge is 0.315 e. The molecule has 0 saturated carbocycles. The monoisotopic (exact) mass is 348 g/mol. The number of carbonyl (C=O) groups excluding carboxylic acids is 1. The van der Waals surface area contributed by atoms with E-state index in [1.807, 2.05) is 30.5 Å². The fourth-order valence-electron chi connectivity index (χ4n) is 4.08. The van der Waals surface area contributed by atoms with Crippen molar-refractivity contribution < 1.29 is 9.53 Å². The minimum absolute atomic E-state index is 0.202. The summed E-state index contributed by atoms with van der Waals surface area (Å²) < 4.78 is 5.17. The molecule has 1 fully saturated rings. The largest absolute Gasteiger partial charge is 0.426 e. The second-order valence-corrected chi connectivity index (χ2v) is 7.37.